The maximum absolute atomic E-state index is 11.9. The minimum absolute atomic E-state index is 0.0763. The quantitative estimate of drug-likeness (QED) is 0.773. The summed E-state index contributed by atoms with van der Waals surface area (Å²) in [4.78, 5) is 33.5. The Kier molecular flexibility index (Phi) is 5.73. The molecular formula is C14H17NO4. The van der Waals surface area contributed by atoms with Crippen LogP contribution in [0.1, 0.15) is 25.3 Å². The number of carboxylic acids is 1. The molecule has 0 bridgehead atoms. The van der Waals surface area contributed by atoms with Gasteiger partial charge in [-0.05, 0) is 12.0 Å². The van der Waals surface area contributed by atoms with Crippen molar-refractivity contribution in [1.82, 2.24) is 5.32 Å². The van der Waals surface area contributed by atoms with Crippen LogP contribution in [0.15, 0.2) is 30.3 Å². The summed E-state index contributed by atoms with van der Waals surface area (Å²) < 4.78 is 0. The molecule has 0 unspecified atom stereocenters. The molecule has 0 saturated carbocycles. The second-order valence-corrected chi connectivity index (χ2v) is 4.30. The Morgan fingerprint density at radius 1 is 1.16 bits per heavy atom. The molecule has 1 aromatic rings. The van der Waals surface area contributed by atoms with Crippen LogP contribution < -0.4 is 5.32 Å². The molecular weight excluding hydrogens is 246 g/mol. The van der Waals surface area contributed by atoms with Crippen molar-refractivity contribution in [1.29, 1.82) is 0 Å². The van der Waals surface area contributed by atoms with Crippen molar-refractivity contribution < 1.29 is 19.5 Å². The second kappa shape index (κ2) is 7.31. The van der Waals surface area contributed by atoms with Crippen LogP contribution in [0.5, 0.6) is 0 Å². The Hall–Kier alpha value is -2.17. The van der Waals surface area contributed by atoms with Gasteiger partial charge in [0.15, 0.2) is 5.78 Å². The van der Waals surface area contributed by atoms with Gasteiger partial charge < -0.3 is 10.4 Å². The number of hydrogen-bond acceptors (Lipinski definition) is 3. The molecule has 0 radical (unpaired) electrons. The molecule has 2 N–H and O–H groups in total. The van der Waals surface area contributed by atoms with Gasteiger partial charge in [0.25, 0.3) is 0 Å². The predicted molar refractivity (Wildman–Crippen MR) is 69.6 cm³/mol. The van der Waals surface area contributed by atoms with Gasteiger partial charge in [0, 0.05) is 13.3 Å². The molecule has 0 aliphatic carbocycles. The van der Waals surface area contributed by atoms with E-state index in [-0.39, 0.29) is 24.5 Å². The van der Waals surface area contributed by atoms with Crippen molar-refractivity contribution in [2.24, 2.45) is 0 Å². The van der Waals surface area contributed by atoms with E-state index in [4.69, 9.17) is 5.11 Å². The zero-order valence-corrected chi connectivity index (χ0v) is 10.8. The van der Waals surface area contributed by atoms with Crippen LogP contribution in [0.2, 0.25) is 0 Å². The molecule has 1 rings (SSSR count). The molecule has 5 heteroatoms. The van der Waals surface area contributed by atoms with E-state index in [1.807, 2.05) is 30.3 Å². The van der Waals surface area contributed by atoms with E-state index < -0.39 is 12.0 Å². The van der Waals surface area contributed by atoms with Crippen LogP contribution >= 0.6 is 0 Å². The fourth-order valence-corrected chi connectivity index (χ4v) is 1.74. The van der Waals surface area contributed by atoms with Crippen LogP contribution in [0.4, 0.5) is 0 Å². The van der Waals surface area contributed by atoms with Crippen molar-refractivity contribution in [3.05, 3.63) is 35.9 Å². The van der Waals surface area contributed by atoms with Gasteiger partial charge in [0.05, 0.1) is 12.5 Å². The molecule has 19 heavy (non-hydrogen) atoms. The van der Waals surface area contributed by atoms with Gasteiger partial charge in [-0.3, -0.25) is 14.4 Å². The van der Waals surface area contributed by atoms with E-state index in [1.165, 1.54) is 6.92 Å². The molecule has 0 heterocycles. The average molecular weight is 263 g/mol. The summed E-state index contributed by atoms with van der Waals surface area (Å²) in [5, 5.41) is 11.1. The summed E-state index contributed by atoms with van der Waals surface area (Å²) in [6.45, 7) is 1.34. The molecule has 0 fully saturated rings. The van der Waals surface area contributed by atoms with E-state index in [9.17, 15) is 14.4 Å². The number of ketones is 1. The number of benzene rings is 1. The Morgan fingerprint density at radius 3 is 2.32 bits per heavy atom. The van der Waals surface area contributed by atoms with Crippen molar-refractivity contribution >= 4 is 17.7 Å². The highest BCUT2D eigenvalue weighted by Crippen LogP contribution is 2.06. The summed E-state index contributed by atoms with van der Waals surface area (Å²) in [6.07, 6.45) is 0.0791. The Labute approximate surface area is 111 Å². The van der Waals surface area contributed by atoms with E-state index in [2.05, 4.69) is 5.32 Å². The largest absolute Gasteiger partial charge is 0.481 e. The number of carboxylic acid groups (broad SMARTS) is 1. The fourth-order valence-electron chi connectivity index (χ4n) is 1.74. The van der Waals surface area contributed by atoms with Crippen LogP contribution in [0.25, 0.3) is 0 Å². The molecule has 1 aromatic carbocycles. The number of aliphatic carboxylic acids is 1. The lowest BCUT2D eigenvalue weighted by atomic mass is 9.99. The standard InChI is InChI=1S/C14H17NO4/c1-10(16)15-12(13(17)7-8-14(18)19)9-11-5-3-2-4-6-11/h2-6,12H,7-9H2,1H3,(H,15,16)(H,18,19)/t12-/m0/s1. The smallest absolute Gasteiger partial charge is 0.303 e. The second-order valence-electron chi connectivity index (χ2n) is 4.30. The SMILES string of the molecule is CC(=O)N[C@@H](Cc1ccccc1)C(=O)CCC(=O)O. The average Bonchev–Trinajstić information content (AvgIpc) is 2.36. The third-order valence-corrected chi connectivity index (χ3v) is 2.63. The molecule has 102 valence electrons. The molecule has 0 aromatic heterocycles. The van der Waals surface area contributed by atoms with Gasteiger partial charge in [-0.25, -0.2) is 0 Å². The zero-order chi connectivity index (χ0) is 14.3. The number of nitrogens with one attached hydrogen (secondary N) is 1. The van der Waals surface area contributed by atoms with Crippen molar-refractivity contribution in [3.63, 3.8) is 0 Å². The lowest BCUT2D eigenvalue weighted by molar-refractivity contribution is -0.138. The molecule has 0 saturated heterocycles. The Bertz CT molecular complexity index is 456. The molecule has 0 aliphatic heterocycles. The zero-order valence-electron chi connectivity index (χ0n) is 10.8. The Morgan fingerprint density at radius 2 is 1.79 bits per heavy atom. The van der Waals surface area contributed by atoms with Crippen molar-refractivity contribution in [3.8, 4) is 0 Å². The first-order chi connectivity index (χ1) is 8.99. The normalized spacial score (nSPS) is 11.6. The van der Waals surface area contributed by atoms with Crippen LogP contribution in [0, 0.1) is 0 Å². The van der Waals surface area contributed by atoms with E-state index in [0.29, 0.717) is 6.42 Å². The molecule has 1 atom stereocenters. The maximum Gasteiger partial charge on any atom is 0.303 e. The van der Waals surface area contributed by atoms with E-state index in [0.717, 1.165) is 5.56 Å². The van der Waals surface area contributed by atoms with Crippen molar-refractivity contribution in [2.45, 2.75) is 32.2 Å². The lowest BCUT2D eigenvalue weighted by Gasteiger charge is -2.16. The molecule has 0 aliphatic rings. The van der Waals surface area contributed by atoms with Crippen LogP contribution in [0.3, 0.4) is 0 Å². The first-order valence-corrected chi connectivity index (χ1v) is 6.04. The number of amides is 1. The topological polar surface area (TPSA) is 83.5 Å². The van der Waals surface area contributed by atoms with Gasteiger partial charge in [-0.15, -0.1) is 0 Å². The first-order valence-electron chi connectivity index (χ1n) is 6.04. The monoisotopic (exact) mass is 263 g/mol. The van der Waals surface area contributed by atoms with Gasteiger partial charge in [-0.2, -0.15) is 0 Å². The van der Waals surface area contributed by atoms with Crippen LogP contribution in [-0.2, 0) is 20.8 Å². The van der Waals surface area contributed by atoms with Gasteiger partial charge in [0.2, 0.25) is 5.91 Å². The summed E-state index contributed by atoms with van der Waals surface area (Å²) >= 11 is 0. The highest BCUT2D eigenvalue weighted by Gasteiger charge is 2.20. The third kappa shape index (κ3) is 5.81. The highest BCUT2D eigenvalue weighted by atomic mass is 16.4. The predicted octanol–water partition coefficient (Wildman–Crippen LogP) is 1.17. The summed E-state index contributed by atoms with van der Waals surface area (Å²) in [6, 6.07) is 8.62. The van der Waals surface area contributed by atoms with Crippen LogP contribution in [-0.4, -0.2) is 28.8 Å². The maximum atomic E-state index is 11.9. The third-order valence-electron chi connectivity index (χ3n) is 2.63. The number of hydrogen-bond donors (Lipinski definition) is 2. The van der Waals surface area contributed by atoms with Crippen molar-refractivity contribution in [2.75, 3.05) is 0 Å². The van der Waals surface area contributed by atoms with Gasteiger partial charge >= 0.3 is 5.97 Å². The van der Waals surface area contributed by atoms with Gasteiger partial charge in [-0.1, -0.05) is 30.3 Å². The minimum atomic E-state index is -1.02. The van der Waals surface area contributed by atoms with E-state index in [1.54, 1.807) is 0 Å². The Balaban J connectivity index is 2.68. The molecule has 0 spiro atoms. The minimum Gasteiger partial charge on any atom is -0.481 e. The molecule has 1 amide bonds. The highest BCUT2D eigenvalue weighted by molar-refractivity contribution is 5.90. The summed E-state index contributed by atoms with van der Waals surface area (Å²) in [5.41, 5.74) is 0.921. The fraction of sp³-hybridized carbons (Fsp3) is 0.357. The number of carbonyl (C=O) groups is 3. The van der Waals surface area contributed by atoms with E-state index >= 15 is 0 Å². The first kappa shape index (κ1) is 14.9. The number of carbonyl (C=O) groups excluding carboxylic acids is 2. The lowest BCUT2D eigenvalue weighted by Crippen LogP contribution is -2.41. The van der Waals surface area contributed by atoms with Gasteiger partial charge in [0.1, 0.15) is 0 Å². The summed E-state index contributed by atoms with van der Waals surface area (Å²) in [7, 11) is 0. The number of rotatable bonds is 7. The number of Topliss-reactive ketones (excluding diaryl/α,β-unsaturated/α-hetero) is 1. The summed E-state index contributed by atoms with van der Waals surface area (Å²) in [5.74, 6) is -1.58. The molecule has 5 nitrogen and oxygen atoms in total.